The number of hydrogen-bond donors (Lipinski definition) is 0. The van der Waals surface area contributed by atoms with E-state index in [1.807, 2.05) is 50.2 Å². The van der Waals surface area contributed by atoms with Gasteiger partial charge in [0.05, 0.1) is 0 Å². The zero-order valence-corrected chi connectivity index (χ0v) is 30.7. The van der Waals surface area contributed by atoms with Crippen molar-refractivity contribution in [1.29, 1.82) is 0 Å². The Morgan fingerprint density at radius 2 is 0.857 bits per heavy atom. The van der Waals surface area contributed by atoms with Crippen LogP contribution in [0.5, 0.6) is 23.0 Å². The molecule has 6 rings (SSSR count). The molecule has 0 bridgehead atoms. The van der Waals surface area contributed by atoms with E-state index in [-0.39, 0.29) is 11.5 Å². The molecule has 0 N–H and O–H groups in total. The molecule has 0 aliphatic heterocycles. The molecule has 6 aromatic rings. The van der Waals surface area contributed by atoms with Crippen LogP contribution in [0, 0.1) is 13.8 Å². The Morgan fingerprint density at radius 3 is 1.22 bits per heavy atom. The minimum absolute atomic E-state index is 0.0808. The molecule has 4 aromatic carbocycles. The van der Waals surface area contributed by atoms with Crippen LogP contribution in [0.15, 0.2) is 109 Å². The van der Waals surface area contributed by atoms with Gasteiger partial charge in [-0.25, -0.2) is 0 Å². The fraction of sp³-hybridized carbons (Fsp3) is 0.143. The van der Waals surface area contributed by atoms with E-state index in [0.29, 0.717) is 22.5 Å². The van der Waals surface area contributed by atoms with Crippen molar-refractivity contribution in [2.75, 3.05) is 0 Å². The van der Waals surface area contributed by atoms with Crippen molar-refractivity contribution in [3.8, 4) is 23.0 Å². The van der Waals surface area contributed by atoms with Crippen LogP contribution in [-0.4, -0.2) is 58.6 Å². The molecule has 2 heterocycles. The van der Waals surface area contributed by atoms with Gasteiger partial charge in [-0.05, 0) is 0 Å². The molecular weight excluding hydrogens is 766 g/mol. The standard InChI is InChI=1S/C15H10F6O2.2C10H9NO.2Ga/c16-14(17,18)13(15(19,20)21,9-1-5-11(22)6-2-9)10-3-7-12(23)8-4-10;2*1-7-5-6-8-3-2-4-9(12)10(8)11-7;;/h1-8,22-23H;2*2-6,12H,1H3;;/q;;;2*+2/p-4. The minimum atomic E-state index is -5.74. The molecule has 0 saturated carbocycles. The maximum absolute atomic E-state index is 14.7. The van der Waals surface area contributed by atoms with Crippen molar-refractivity contribution in [2.45, 2.75) is 31.6 Å². The molecule has 0 saturated heterocycles. The summed E-state index contributed by atoms with van der Waals surface area (Å²) in [5.74, 6) is 1.12. The van der Waals surface area contributed by atoms with E-state index in [2.05, 4.69) is 9.97 Å². The van der Waals surface area contributed by atoms with Crippen LogP contribution in [-0.2, 0) is 5.41 Å². The van der Waals surface area contributed by atoms with E-state index in [1.165, 1.54) is 0 Å². The molecule has 14 heteroatoms. The molecule has 6 nitrogen and oxygen atoms in total. The van der Waals surface area contributed by atoms with Crippen molar-refractivity contribution < 1.29 is 40.5 Å². The number of alkyl halides is 6. The third-order valence-corrected chi connectivity index (χ3v) is 10.8. The Kier molecular flexibility index (Phi) is 9.84. The summed E-state index contributed by atoms with van der Waals surface area (Å²) >= 11 is -3.93. The number of aryl methyl sites for hydroxylation is 2. The Bertz CT molecular complexity index is 1940. The summed E-state index contributed by atoms with van der Waals surface area (Å²) in [4.78, 5) is 8.95. The predicted octanol–water partition coefficient (Wildman–Crippen LogP) is 8.79. The van der Waals surface area contributed by atoms with Crippen molar-refractivity contribution in [2.24, 2.45) is 0 Å². The summed E-state index contributed by atoms with van der Waals surface area (Å²) in [5.41, 5.74) is -3.52. The summed E-state index contributed by atoms with van der Waals surface area (Å²) in [7, 11) is 0. The number of rotatable bonds is 10. The van der Waals surface area contributed by atoms with Gasteiger partial charge in [-0.1, -0.05) is 0 Å². The maximum atomic E-state index is 14.7. The predicted molar refractivity (Wildman–Crippen MR) is 173 cm³/mol. The van der Waals surface area contributed by atoms with Crippen molar-refractivity contribution in [1.82, 2.24) is 9.97 Å². The van der Waals surface area contributed by atoms with Gasteiger partial charge in [0.2, 0.25) is 0 Å². The molecule has 49 heavy (non-hydrogen) atoms. The van der Waals surface area contributed by atoms with E-state index in [0.717, 1.165) is 70.7 Å². The third-order valence-electron chi connectivity index (χ3n) is 7.79. The number of pyridine rings is 2. The first-order valence-electron chi connectivity index (χ1n) is 14.7. The fourth-order valence-electron chi connectivity index (χ4n) is 5.44. The van der Waals surface area contributed by atoms with Gasteiger partial charge in [0.25, 0.3) is 0 Å². The number of hydrogen-bond acceptors (Lipinski definition) is 6. The summed E-state index contributed by atoms with van der Waals surface area (Å²) in [6.45, 7) is 3.67. The van der Waals surface area contributed by atoms with E-state index in [4.69, 9.17) is 14.1 Å². The van der Waals surface area contributed by atoms with Gasteiger partial charge < -0.3 is 0 Å². The van der Waals surface area contributed by atoms with Gasteiger partial charge in [-0.15, -0.1) is 0 Å². The summed E-state index contributed by atoms with van der Waals surface area (Å²) < 4.78 is 111. The Labute approximate surface area is 293 Å². The average Bonchev–Trinajstić information content (AvgIpc) is 3.05. The number of benzene rings is 4. The molecule has 0 aliphatic rings. The Morgan fingerprint density at radius 1 is 0.469 bits per heavy atom. The molecule has 2 radical (unpaired) electrons. The van der Waals surface area contributed by atoms with Crippen molar-refractivity contribution in [3.63, 3.8) is 0 Å². The quantitative estimate of drug-likeness (QED) is 0.102. The second-order valence-corrected chi connectivity index (χ2v) is 13.8. The second kappa shape index (κ2) is 13.9. The number of nitrogens with zero attached hydrogens (tertiary/aromatic N) is 2. The summed E-state index contributed by atoms with van der Waals surface area (Å²) in [5, 5.41) is 1.70. The molecule has 2 aromatic heterocycles. The molecule has 0 fully saturated rings. The van der Waals surface area contributed by atoms with Crippen LogP contribution in [0.1, 0.15) is 22.5 Å². The summed E-state index contributed by atoms with van der Waals surface area (Å²) in [6, 6.07) is 25.7. The van der Waals surface area contributed by atoms with E-state index >= 15 is 0 Å². The average molecular weight is 790 g/mol. The molecule has 0 aliphatic carbocycles. The number of aromatic nitrogens is 2. The zero-order chi connectivity index (χ0) is 34.8. The van der Waals surface area contributed by atoms with Gasteiger partial charge in [-0.3, -0.25) is 0 Å². The van der Waals surface area contributed by atoms with Gasteiger partial charge in [-0.2, -0.15) is 0 Å². The van der Waals surface area contributed by atoms with Crippen LogP contribution in [0.2, 0.25) is 0 Å². The molecule has 0 unspecified atom stereocenters. The number of halogens is 6. The van der Waals surface area contributed by atoms with Crippen LogP contribution < -0.4 is 14.1 Å². The molecule has 0 amide bonds. The van der Waals surface area contributed by atoms with Gasteiger partial charge in [0, 0.05) is 0 Å². The number of para-hydroxylation sites is 2. The van der Waals surface area contributed by atoms with E-state index < -0.39 is 65.2 Å². The second-order valence-electron chi connectivity index (χ2n) is 11.0. The van der Waals surface area contributed by atoms with Crippen LogP contribution in [0.4, 0.5) is 26.3 Å². The molecule has 246 valence electrons. The van der Waals surface area contributed by atoms with Gasteiger partial charge in [0.1, 0.15) is 0 Å². The normalized spacial score (nSPS) is 12.1. The molecule has 0 atom stereocenters. The molecular formula is C35H24F6Ga2N2O4. The van der Waals surface area contributed by atoms with Crippen LogP contribution in [0.25, 0.3) is 21.8 Å². The third kappa shape index (κ3) is 7.09. The first-order valence-corrected chi connectivity index (χ1v) is 18.7. The Hall–Kier alpha value is -4.25. The van der Waals surface area contributed by atoms with Gasteiger partial charge in [0.15, 0.2) is 0 Å². The SMILES string of the molecule is Cc1ccc2cccc([O][Ga][O]c3ccc(C(c4ccc([O][Ga][O]c5cccc6ccc(C)nc56)cc4)(C(F)(F)F)C(F)(F)F)cc3)c2n1. The topological polar surface area (TPSA) is 62.7 Å². The monoisotopic (exact) mass is 788 g/mol. The van der Waals surface area contributed by atoms with E-state index in [1.54, 1.807) is 24.3 Å². The molecule has 0 spiro atoms. The van der Waals surface area contributed by atoms with Gasteiger partial charge >= 0.3 is 295 Å². The first-order chi connectivity index (χ1) is 23.4. The zero-order valence-electron chi connectivity index (χ0n) is 25.8. The Balaban J connectivity index is 1.19. The van der Waals surface area contributed by atoms with Crippen molar-refractivity contribution in [3.05, 3.63) is 132 Å². The summed E-state index contributed by atoms with van der Waals surface area (Å²) in [6.07, 6.45) is -11.5. The fourth-order valence-corrected chi connectivity index (χ4v) is 8.00. The van der Waals surface area contributed by atoms with Crippen molar-refractivity contribution >= 4 is 58.1 Å². The first kappa shape index (κ1) is 34.6. The van der Waals surface area contributed by atoms with Crippen LogP contribution >= 0.6 is 0 Å². The number of fused-ring (bicyclic) bond motifs is 2. The van der Waals surface area contributed by atoms with Crippen LogP contribution in [0.3, 0.4) is 0 Å². The van der Waals surface area contributed by atoms with E-state index in [9.17, 15) is 26.3 Å².